The Hall–Kier alpha value is -3.55. The molecule has 8 nitrogen and oxygen atoms in total. The second-order valence-electron chi connectivity index (χ2n) is 5.46. The van der Waals surface area contributed by atoms with Crippen molar-refractivity contribution in [3.8, 4) is 0 Å². The molecule has 0 fully saturated rings. The topological polar surface area (TPSA) is 114 Å². The van der Waals surface area contributed by atoms with E-state index in [-0.39, 0.29) is 5.56 Å². The van der Waals surface area contributed by atoms with Crippen molar-refractivity contribution in [1.82, 2.24) is 25.4 Å². The third-order valence-electron chi connectivity index (χ3n) is 3.59. The molecular formula is C16H15N7O. The summed E-state index contributed by atoms with van der Waals surface area (Å²) in [7, 11) is 0. The molecule has 0 spiro atoms. The number of aromatic nitrogens is 5. The predicted octanol–water partition coefficient (Wildman–Crippen LogP) is 2.77. The average Bonchev–Trinajstić information content (AvgIpc) is 3.14. The van der Waals surface area contributed by atoms with E-state index in [2.05, 4.69) is 36.0 Å². The molecule has 0 bridgehead atoms. The lowest BCUT2D eigenvalue weighted by Crippen LogP contribution is -1.98. The van der Waals surface area contributed by atoms with E-state index in [1.54, 1.807) is 12.3 Å². The molecule has 120 valence electrons. The highest BCUT2D eigenvalue weighted by molar-refractivity contribution is 5.82. The number of hydrogen-bond acceptors (Lipinski definition) is 5. The molecule has 3 aromatic heterocycles. The molecule has 0 saturated heterocycles. The van der Waals surface area contributed by atoms with Gasteiger partial charge in [-0.15, -0.1) is 0 Å². The fourth-order valence-electron chi connectivity index (χ4n) is 2.47. The largest absolute Gasteiger partial charge is 0.340 e. The number of hydrogen-bond donors (Lipinski definition) is 5. The maximum atomic E-state index is 11.5. The Kier molecular flexibility index (Phi) is 3.27. The van der Waals surface area contributed by atoms with E-state index in [4.69, 9.17) is 0 Å². The Bertz CT molecular complexity index is 1060. The molecule has 1 aromatic carbocycles. The van der Waals surface area contributed by atoms with Gasteiger partial charge in [0.15, 0.2) is 5.82 Å². The van der Waals surface area contributed by atoms with Crippen LogP contribution in [0.25, 0.3) is 10.9 Å². The zero-order valence-corrected chi connectivity index (χ0v) is 12.8. The van der Waals surface area contributed by atoms with Crippen molar-refractivity contribution in [2.24, 2.45) is 0 Å². The van der Waals surface area contributed by atoms with Gasteiger partial charge in [-0.05, 0) is 31.2 Å². The molecule has 0 unspecified atom stereocenters. The Balaban J connectivity index is 1.57. The van der Waals surface area contributed by atoms with Gasteiger partial charge in [0.1, 0.15) is 5.82 Å². The van der Waals surface area contributed by atoms with Gasteiger partial charge >= 0.3 is 0 Å². The number of aryl methyl sites for hydroxylation is 1. The van der Waals surface area contributed by atoms with Crippen LogP contribution in [0.1, 0.15) is 5.69 Å². The number of nitrogens with zero attached hydrogens (tertiary/aromatic N) is 2. The minimum Gasteiger partial charge on any atom is -0.340 e. The Labute approximate surface area is 136 Å². The highest BCUT2D eigenvalue weighted by atomic mass is 16.1. The summed E-state index contributed by atoms with van der Waals surface area (Å²) in [5.41, 5.74) is 3.30. The molecule has 0 saturated carbocycles. The van der Waals surface area contributed by atoms with Crippen LogP contribution < -0.4 is 16.2 Å². The van der Waals surface area contributed by atoms with E-state index in [1.165, 1.54) is 0 Å². The van der Waals surface area contributed by atoms with E-state index in [1.807, 2.05) is 37.3 Å². The molecule has 5 N–H and O–H groups in total. The lowest BCUT2D eigenvalue weighted by atomic mass is 10.2. The third kappa shape index (κ3) is 2.72. The smallest absolute Gasteiger partial charge is 0.271 e. The summed E-state index contributed by atoms with van der Waals surface area (Å²) >= 11 is 0. The first-order valence-corrected chi connectivity index (χ1v) is 7.40. The van der Waals surface area contributed by atoms with Crippen molar-refractivity contribution in [3.63, 3.8) is 0 Å². The average molecular weight is 321 g/mol. The number of anilines is 4. The number of rotatable bonds is 4. The van der Waals surface area contributed by atoms with Crippen LogP contribution in [-0.4, -0.2) is 25.4 Å². The fourth-order valence-corrected chi connectivity index (χ4v) is 2.47. The molecule has 0 aliphatic rings. The molecule has 24 heavy (non-hydrogen) atoms. The number of H-pyrrole nitrogens is 3. The maximum absolute atomic E-state index is 11.5. The summed E-state index contributed by atoms with van der Waals surface area (Å²) in [5, 5.41) is 19.5. The van der Waals surface area contributed by atoms with Crippen molar-refractivity contribution >= 4 is 33.9 Å². The SMILES string of the molecule is Cc1cc(Nc2ccnc(Nc3ccc4c(=O)[nH][nH]c4c3)c2)n[nH]1. The van der Waals surface area contributed by atoms with Crippen molar-refractivity contribution < 1.29 is 0 Å². The van der Waals surface area contributed by atoms with Gasteiger partial charge in [0, 0.05) is 35.4 Å². The molecule has 8 heteroatoms. The summed E-state index contributed by atoms with van der Waals surface area (Å²) in [6.07, 6.45) is 1.71. The van der Waals surface area contributed by atoms with E-state index >= 15 is 0 Å². The van der Waals surface area contributed by atoms with Crippen LogP contribution in [-0.2, 0) is 0 Å². The van der Waals surface area contributed by atoms with Gasteiger partial charge in [0.25, 0.3) is 5.56 Å². The number of aromatic amines is 3. The van der Waals surface area contributed by atoms with Crippen molar-refractivity contribution in [3.05, 3.63) is 58.6 Å². The van der Waals surface area contributed by atoms with Crippen molar-refractivity contribution in [1.29, 1.82) is 0 Å². The zero-order chi connectivity index (χ0) is 16.5. The van der Waals surface area contributed by atoms with Crippen LogP contribution in [0.3, 0.4) is 0 Å². The second-order valence-corrected chi connectivity index (χ2v) is 5.46. The van der Waals surface area contributed by atoms with Gasteiger partial charge in [-0.3, -0.25) is 20.1 Å². The molecule has 0 aliphatic heterocycles. The second kappa shape index (κ2) is 5.58. The fraction of sp³-hybridized carbons (Fsp3) is 0.0625. The number of fused-ring (bicyclic) bond motifs is 1. The van der Waals surface area contributed by atoms with Gasteiger partial charge in [-0.25, -0.2) is 4.98 Å². The van der Waals surface area contributed by atoms with Gasteiger partial charge in [0.2, 0.25) is 0 Å². The summed E-state index contributed by atoms with van der Waals surface area (Å²) in [6, 6.07) is 11.1. The van der Waals surface area contributed by atoms with Gasteiger partial charge < -0.3 is 10.6 Å². The summed E-state index contributed by atoms with van der Waals surface area (Å²) in [6.45, 7) is 1.94. The van der Waals surface area contributed by atoms with Gasteiger partial charge in [0.05, 0.1) is 10.9 Å². The van der Waals surface area contributed by atoms with Crippen molar-refractivity contribution in [2.45, 2.75) is 6.92 Å². The zero-order valence-electron chi connectivity index (χ0n) is 12.8. The summed E-state index contributed by atoms with van der Waals surface area (Å²) in [4.78, 5) is 15.8. The first-order chi connectivity index (χ1) is 11.7. The molecule has 0 radical (unpaired) electrons. The molecule has 4 aromatic rings. The molecule has 0 atom stereocenters. The monoisotopic (exact) mass is 321 g/mol. The highest BCUT2D eigenvalue weighted by Gasteiger charge is 2.04. The first kappa shape index (κ1) is 14.1. The van der Waals surface area contributed by atoms with Gasteiger partial charge in [-0.1, -0.05) is 0 Å². The van der Waals surface area contributed by atoms with E-state index in [9.17, 15) is 4.79 Å². The minimum absolute atomic E-state index is 0.129. The number of nitrogens with one attached hydrogen (secondary N) is 5. The quantitative estimate of drug-likeness (QED) is 0.396. The maximum Gasteiger partial charge on any atom is 0.271 e. The van der Waals surface area contributed by atoms with Crippen LogP contribution in [0.2, 0.25) is 0 Å². The molecule has 0 aliphatic carbocycles. The predicted molar refractivity (Wildman–Crippen MR) is 93.0 cm³/mol. The Morgan fingerprint density at radius 1 is 0.958 bits per heavy atom. The van der Waals surface area contributed by atoms with Crippen LogP contribution in [0.15, 0.2) is 47.4 Å². The van der Waals surface area contributed by atoms with Crippen LogP contribution in [0.5, 0.6) is 0 Å². The Morgan fingerprint density at radius 3 is 2.62 bits per heavy atom. The molecule has 3 heterocycles. The highest BCUT2D eigenvalue weighted by Crippen LogP contribution is 2.22. The molecule has 0 amide bonds. The molecule has 4 rings (SSSR count). The van der Waals surface area contributed by atoms with Crippen LogP contribution in [0.4, 0.5) is 23.0 Å². The molecular weight excluding hydrogens is 306 g/mol. The Morgan fingerprint density at radius 2 is 1.79 bits per heavy atom. The number of pyridine rings is 1. The summed E-state index contributed by atoms with van der Waals surface area (Å²) in [5.74, 6) is 1.43. The van der Waals surface area contributed by atoms with E-state index in [0.29, 0.717) is 11.2 Å². The minimum atomic E-state index is -0.129. The van der Waals surface area contributed by atoms with E-state index in [0.717, 1.165) is 28.4 Å². The first-order valence-electron chi connectivity index (χ1n) is 7.40. The van der Waals surface area contributed by atoms with Crippen LogP contribution >= 0.6 is 0 Å². The third-order valence-corrected chi connectivity index (χ3v) is 3.59. The van der Waals surface area contributed by atoms with Crippen LogP contribution in [0, 0.1) is 6.92 Å². The van der Waals surface area contributed by atoms with E-state index < -0.39 is 0 Å². The lowest BCUT2D eigenvalue weighted by Gasteiger charge is -2.08. The standard InChI is InChI=1S/C16H15N7O/c1-9-6-15(22-20-9)19-11-4-5-17-14(8-11)18-10-2-3-12-13(7-10)21-23-16(12)24/h2-8H,1H3,(H2,21,23,24)(H3,17,18,19,20,22). The van der Waals surface area contributed by atoms with Crippen molar-refractivity contribution in [2.75, 3.05) is 10.6 Å². The van der Waals surface area contributed by atoms with Gasteiger partial charge in [-0.2, -0.15) is 5.10 Å². The lowest BCUT2D eigenvalue weighted by molar-refractivity contribution is 1.05. The summed E-state index contributed by atoms with van der Waals surface area (Å²) < 4.78 is 0. The normalized spacial score (nSPS) is 10.9. The number of benzene rings is 1.